The highest BCUT2D eigenvalue weighted by molar-refractivity contribution is 6.46. The molecule has 1 atom stereocenters. The summed E-state index contributed by atoms with van der Waals surface area (Å²) in [5.74, 6) is -0.655. The number of methoxy groups -OCH3 is 1. The van der Waals surface area contributed by atoms with E-state index in [1.165, 1.54) is 0 Å². The summed E-state index contributed by atoms with van der Waals surface area (Å²) in [6.07, 6.45) is 0.710. The first-order valence-corrected chi connectivity index (χ1v) is 11.6. The number of Topliss-reactive ketones (excluding diaryl/α,β-unsaturated/α-hetero) is 1. The summed E-state index contributed by atoms with van der Waals surface area (Å²) in [6, 6.07) is 10.9. The lowest BCUT2D eigenvalue weighted by molar-refractivity contribution is -0.139. The van der Waals surface area contributed by atoms with Crippen molar-refractivity contribution in [3.8, 4) is 5.75 Å². The first-order chi connectivity index (χ1) is 15.8. The minimum Gasteiger partial charge on any atom is -0.507 e. The van der Waals surface area contributed by atoms with Gasteiger partial charge < -0.3 is 19.6 Å². The summed E-state index contributed by atoms with van der Waals surface area (Å²) < 4.78 is 5.38. The molecule has 33 heavy (non-hydrogen) atoms. The maximum Gasteiger partial charge on any atom is 0.295 e. The molecule has 0 radical (unpaired) electrons. The molecule has 2 aromatic rings. The molecule has 1 saturated heterocycles. The van der Waals surface area contributed by atoms with Crippen LogP contribution in [0.15, 0.2) is 42.0 Å². The second-order valence-electron chi connectivity index (χ2n) is 8.39. The number of carbonyl (C=O) groups is 2. The van der Waals surface area contributed by atoms with E-state index >= 15 is 0 Å². The minimum absolute atomic E-state index is 0.136. The number of rotatable bonds is 8. The van der Waals surface area contributed by atoms with E-state index in [0.717, 1.165) is 35.5 Å². The number of anilines is 1. The van der Waals surface area contributed by atoms with Gasteiger partial charge in [-0.2, -0.15) is 0 Å². The van der Waals surface area contributed by atoms with Gasteiger partial charge in [-0.05, 0) is 75.1 Å². The average Bonchev–Trinajstić information content (AvgIpc) is 3.06. The van der Waals surface area contributed by atoms with Crippen LogP contribution in [0.2, 0.25) is 0 Å². The fourth-order valence-electron chi connectivity index (χ4n) is 4.56. The highest BCUT2D eigenvalue weighted by Gasteiger charge is 2.45. The first kappa shape index (κ1) is 24.4. The second-order valence-corrected chi connectivity index (χ2v) is 8.39. The van der Waals surface area contributed by atoms with Crippen molar-refractivity contribution in [2.45, 2.75) is 47.1 Å². The van der Waals surface area contributed by atoms with Crippen LogP contribution in [0.5, 0.6) is 5.75 Å². The molecule has 1 heterocycles. The van der Waals surface area contributed by atoms with E-state index in [0.29, 0.717) is 24.3 Å². The van der Waals surface area contributed by atoms with Gasteiger partial charge >= 0.3 is 0 Å². The maximum atomic E-state index is 13.1. The van der Waals surface area contributed by atoms with Gasteiger partial charge in [0.25, 0.3) is 11.7 Å². The number of ketones is 1. The van der Waals surface area contributed by atoms with Gasteiger partial charge in [0.2, 0.25) is 0 Å². The van der Waals surface area contributed by atoms with E-state index in [4.69, 9.17) is 4.74 Å². The van der Waals surface area contributed by atoms with Crippen molar-refractivity contribution in [3.05, 3.63) is 64.2 Å². The largest absolute Gasteiger partial charge is 0.507 e. The van der Waals surface area contributed by atoms with E-state index < -0.39 is 17.7 Å². The smallest absolute Gasteiger partial charge is 0.295 e. The summed E-state index contributed by atoms with van der Waals surface area (Å²) in [7, 11) is 1.60. The van der Waals surface area contributed by atoms with Crippen molar-refractivity contribution in [1.29, 1.82) is 0 Å². The lowest BCUT2D eigenvalue weighted by Gasteiger charge is -2.26. The Kier molecular flexibility index (Phi) is 7.46. The minimum atomic E-state index is -0.647. The van der Waals surface area contributed by atoms with Crippen molar-refractivity contribution >= 4 is 23.1 Å². The normalized spacial score (nSPS) is 17.5. The fraction of sp³-hybridized carbons (Fsp3) is 0.407. The molecule has 3 rings (SSSR count). The number of hydrogen-bond donors (Lipinski definition) is 1. The molecule has 6 heteroatoms. The predicted octanol–water partition coefficient (Wildman–Crippen LogP) is 4.99. The van der Waals surface area contributed by atoms with Crippen LogP contribution in [0.25, 0.3) is 5.76 Å². The first-order valence-electron chi connectivity index (χ1n) is 11.6. The van der Waals surface area contributed by atoms with Crippen molar-refractivity contribution < 1.29 is 19.4 Å². The molecule has 0 bridgehead atoms. The fourth-order valence-corrected chi connectivity index (χ4v) is 4.56. The standard InChI is InChI=1S/C27H34N2O4/c1-7-14-29-24(19-10-12-20(13-11-19)28(8-2)9-3)23(26(31)27(29)32)25(30)21-15-18(5)22(33-6)16-17(21)4/h10-13,15-16,24,30H,7-9,14H2,1-6H3/b25-23+. The van der Waals surface area contributed by atoms with E-state index in [9.17, 15) is 14.7 Å². The Hall–Kier alpha value is -3.28. The number of amides is 1. The molecule has 1 amide bonds. The molecule has 0 aliphatic carbocycles. The number of carbonyl (C=O) groups excluding carboxylic acids is 2. The van der Waals surface area contributed by atoms with Crippen molar-refractivity contribution in [3.63, 3.8) is 0 Å². The third-order valence-corrected chi connectivity index (χ3v) is 6.34. The van der Waals surface area contributed by atoms with Crippen molar-refractivity contribution in [2.24, 2.45) is 0 Å². The van der Waals surface area contributed by atoms with E-state index in [2.05, 4.69) is 18.7 Å². The Morgan fingerprint density at radius 2 is 1.67 bits per heavy atom. The number of ether oxygens (including phenoxy) is 1. The number of aliphatic hydroxyl groups is 1. The Balaban J connectivity index is 2.17. The van der Waals surface area contributed by atoms with Gasteiger partial charge in [-0.1, -0.05) is 19.1 Å². The molecule has 0 aromatic heterocycles. The zero-order valence-corrected chi connectivity index (χ0v) is 20.4. The van der Waals surface area contributed by atoms with Gasteiger partial charge in [0.1, 0.15) is 11.5 Å². The van der Waals surface area contributed by atoms with Crippen molar-refractivity contribution in [2.75, 3.05) is 31.6 Å². The average molecular weight is 451 g/mol. The zero-order valence-electron chi connectivity index (χ0n) is 20.4. The van der Waals surface area contributed by atoms with Crippen LogP contribution in [0, 0.1) is 13.8 Å². The van der Waals surface area contributed by atoms with Crippen LogP contribution < -0.4 is 9.64 Å². The Morgan fingerprint density at radius 3 is 2.21 bits per heavy atom. The Labute approximate surface area is 196 Å². The molecule has 1 aliphatic heterocycles. The van der Waals surface area contributed by atoms with E-state index in [1.54, 1.807) is 18.1 Å². The molecule has 1 unspecified atom stereocenters. The summed E-state index contributed by atoms with van der Waals surface area (Å²) in [6.45, 7) is 12.1. The molecule has 176 valence electrons. The molecular formula is C27H34N2O4. The van der Waals surface area contributed by atoms with Crippen LogP contribution in [0.1, 0.15) is 55.5 Å². The van der Waals surface area contributed by atoms with Crippen molar-refractivity contribution in [1.82, 2.24) is 4.90 Å². The van der Waals surface area contributed by atoms with Gasteiger partial charge in [-0.25, -0.2) is 0 Å². The number of nitrogens with zero attached hydrogens (tertiary/aromatic N) is 2. The Bertz CT molecular complexity index is 1070. The predicted molar refractivity (Wildman–Crippen MR) is 132 cm³/mol. The number of benzene rings is 2. The molecule has 0 saturated carbocycles. The van der Waals surface area contributed by atoms with Crippen LogP contribution in [-0.2, 0) is 9.59 Å². The summed E-state index contributed by atoms with van der Waals surface area (Å²) in [5.41, 5.74) is 4.17. The lowest BCUT2D eigenvalue weighted by Crippen LogP contribution is -2.30. The highest BCUT2D eigenvalue weighted by Crippen LogP contribution is 2.41. The molecular weight excluding hydrogens is 416 g/mol. The number of likely N-dealkylation sites (tertiary alicyclic amines) is 1. The molecule has 2 aromatic carbocycles. The molecule has 0 spiro atoms. The lowest BCUT2D eigenvalue weighted by atomic mass is 9.93. The second kappa shape index (κ2) is 10.1. The zero-order chi connectivity index (χ0) is 24.3. The number of aryl methyl sites for hydroxylation is 2. The molecule has 6 nitrogen and oxygen atoms in total. The summed E-state index contributed by atoms with van der Waals surface area (Å²) in [5, 5.41) is 11.3. The van der Waals surface area contributed by atoms with Crippen LogP contribution in [-0.4, -0.2) is 48.4 Å². The number of aliphatic hydroxyl groups excluding tert-OH is 1. The highest BCUT2D eigenvalue weighted by atomic mass is 16.5. The van der Waals surface area contributed by atoms with Crippen LogP contribution in [0.4, 0.5) is 5.69 Å². The van der Waals surface area contributed by atoms with Gasteiger partial charge in [0.15, 0.2) is 0 Å². The quantitative estimate of drug-likeness (QED) is 0.349. The third kappa shape index (κ3) is 4.47. The summed E-state index contributed by atoms with van der Waals surface area (Å²) in [4.78, 5) is 29.9. The van der Waals surface area contributed by atoms with Gasteiger partial charge in [-0.15, -0.1) is 0 Å². The molecule has 1 aliphatic rings. The maximum absolute atomic E-state index is 13.1. The topological polar surface area (TPSA) is 70.1 Å². The van der Waals surface area contributed by atoms with E-state index in [1.807, 2.05) is 51.1 Å². The number of hydrogen-bond acceptors (Lipinski definition) is 5. The monoisotopic (exact) mass is 450 g/mol. The van der Waals surface area contributed by atoms with Gasteiger partial charge in [-0.3, -0.25) is 9.59 Å². The van der Waals surface area contributed by atoms with Crippen LogP contribution >= 0.6 is 0 Å². The Morgan fingerprint density at radius 1 is 1.03 bits per heavy atom. The third-order valence-electron chi connectivity index (χ3n) is 6.34. The van der Waals surface area contributed by atoms with Gasteiger partial charge in [0, 0.05) is 30.9 Å². The molecule has 1 fully saturated rings. The van der Waals surface area contributed by atoms with E-state index in [-0.39, 0.29) is 11.3 Å². The summed E-state index contributed by atoms with van der Waals surface area (Å²) >= 11 is 0. The molecule has 1 N–H and O–H groups in total. The van der Waals surface area contributed by atoms with Crippen LogP contribution in [0.3, 0.4) is 0 Å². The SMILES string of the molecule is CCCN1C(=O)C(=O)/C(=C(/O)c2cc(C)c(OC)cc2C)C1c1ccc(N(CC)CC)cc1. The van der Waals surface area contributed by atoms with Gasteiger partial charge in [0.05, 0.1) is 18.7 Å².